The number of rotatable bonds is 40. The third-order valence-electron chi connectivity index (χ3n) is 12.5. The van der Waals surface area contributed by atoms with E-state index in [2.05, 4.69) is 71.0 Å². The molecule has 0 aromatic heterocycles. The van der Waals surface area contributed by atoms with Gasteiger partial charge in [-0.05, 0) is 119 Å². The first-order valence-electron chi connectivity index (χ1n) is 26.6. The molecule has 4 rings (SSSR count). The summed E-state index contributed by atoms with van der Waals surface area (Å²) >= 11 is 1.94. The molecule has 10 heteroatoms. The van der Waals surface area contributed by atoms with Gasteiger partial charge in [-0.2, -0.15) is 0 Å². The Kier molecular flexibility index (Phi) is 27.7. The van der Waals surface area contributed by atoms with Crippen LogP contribution < -0.4 is 23.7 Å². The third-order valence-corrected chi connectivity index (χ3v) is 14.5. The molecule has 0 radical (unpaired) electrons. The van der Waals surface area contributed by atoms with Crippen molar-refractivity contribution in [3.8, 4) is 28.7 Å². The lowest BCUT2D eigenvalue weighted by Crippen LogP contribution is -2.04. The van der Waals surface area contributed by atoms with Crippen LogP contribution in [0, 0.1) is 0 Å². The van der Waals surface area contributed by atoms with Gasteiger partial charge >= 0.3 is 7.60 Å². The molecule has 0 atom stereocenters. The van der Waals surface area contributed by atoms with Gasteiger partial charge in [0.25, 0.3) is 0 Å². The molecule has 0 saturated heterocycles. The summed E-state index contributed by atoms with van der Waals surface area (Å²) in [4.78, 5) is 19.2. The minimum atomic E-state index is -3.82. The van der Waals surface area contributed by atoms with Gasteiger partial charge in [0.05, 0.1) is 37.9 Å². The van der Waals surface area contributed by atoms with Crippen molar-refractivity contribution in [1.82, 2.24) is 0 Å². The molecule has 0 aliphatic rings. The van der Waals surface area contributed by atoms with E-state index in [-0.39, 0.29) is 6.16 Å². The average molecular weight is 953 g/mol. The summed E-state index contributed by atoms with van der Waals surface area (Å²) < 4.78 is 43.7. The van der Waals surface area contributed by atoms with Gasteiger partial charge in [0.15, 0.2) is 23.0 Å². The summed E-state index contributed by atoms with van der Waals surface area (Å²) in [5.41, 5.74) is 0. The molecule has 8 nitrogen and oxygen atoms in total. The molecule has 0 fully saturated rings. The van der Waals surface area contributed by atoms with Crippen LogP contribution in [0.4, 0.5) is 0 Å². The summed E-state index contributed by atoms with van der Waals surface area (Å²) in [5, 5.41) is 6.87. The third kappa shape index (κ3) is 20.0. The number of ether oxygens (including phenoxy) is 5. The predicted molar refractivity (Wildman–Crippen MR) is 282 cm³/mol. The van der Waals surface area contributed by atoms with E-state index in [4.69, 9.17) is 33.5 Å². The largest absolute Gasteiger partial charge is 0.492 e. The van der Waals surface area contributed by atoms with Crippen molar-refractivity contribution in [2.75, 3.05) is 44.9 Å². The molecule has 4 aromatic carbocycles. The zero-order valence-electron chi connectivity index (χ0n) is 42.0. The molecule has 0 bridgehead atoms. The zero-order chi connectivity index (χ0) is 47.2. The normalized spacial score (nSPS) is 11.9. The van der Waals surface area contributed by atoms with Crippen molar-refractivity contribution in [3.05, 3.63) is 36.4 Å². The van der Waals surface area contributed by atoms with E-state index >= 15 is 0 Å². The van der Waals surface area contributed by atoms with Crippen LogP contribution in [0.3, 0.4) is 0 Å². The maximum absolute atomic E-state index is 11.0. The van der Waals surface area contributed by atoms with Crippen LogP contribution in [0.25, 0.3) is 32.3 Å². The Morgan fingerprint density at radius 1 is 0.364 bits per heavy atom. The lowest BCUT2D eigenvalue weighted by molar-refractivity contribution is 0.262. The first kappa shape index (κ1) is 55.8. The summed E-state index contributed by atoms with van der Waals surface area (Å²) in [7, 11) is -3.82. The van der Waals surface area contributed by atoms with Gasteiger partial charge in [-0.1, -0.05) is 157 Å². The predicted octanol–water partition coefficient (Wildman–Crippen LogP) is 17.6. The molecule has 0 aliphatic heterocycles. The zero-order valence-corrected chi connectivity index (χ0v) is 43.7. The van der Waals surface area contributed by atoms with Crippen molar-refractivity contribution in [2.45, 2.75) is 206 Å². The molecule has 0 spiro atoms. The topological polar surface area (TPSA) is 104 Å². The molecule has 0 saturated carbocycles. The molecule has 66 heavy (non-hydrogen) atoms. The smallest absolute Gasteiger partial charge is 0.325 e. The van der Waals surface area contributed by atoms with E-state index in [1.54, 1.807) is 0 Å². The van der Waals surface area contributed by atoms with E-state index in [1.807, 2.05) is 11.8 Å². The maximum atomic E-state index is 11.0. The summed E-state index contributed by atoms with van der Waals surface area (Å²) in [6.07, 6.45) is 29.7. The minimum absolute atomic E-state index is 0.0346. The number of fused-ring (bicyclic) bond motifs is 6. The monoisotopic (exact) mass is 953 g/mol. The first-order valence-corrected chi connectivity index (χ1v) is 29.4. The molecular formula is C56H89O8PS. The van der Waals surface area contributed by atoms with Gasteiger partial charge < -0.3 is 33.5 Å². The summed E-state index contributed by atoms with van der Waals surface area (Å²) in [6, 6.07) is 13.6. The number of hydrogen-bond donors (Lipinski definition) is 2. The fourth-order valence-electron chi connectivity index (χ4n) is 8.40. The van der Waals surface area contributed by atoms with Gasteiger partial charge in [-0.3, -0.25) is 4.57 Å². The van der Waals surface area contributed by atoms with Crippen molar-refractivity contribution < 1.29 is 38.0 Å². The van der Waals surface area contributed by atoms with Crippen molar-refractivity contribution in [3.63, 3.8) is 0 Å². The van der Waals surface area contributed by atoms with E-state index in [9.17, 15) is 4.57 Å². The van der Waals surface area contributed by atoms with Gasteiger partial charge in [-0.15, -0.1) is 11.8 Å². The van der Waals surface area contributed by atoms with Crippen LogP contribution in [0.5, 0.6) is 28.7 Å². The van der Waals surface area contributed by atoms with E-state index in [1.165, 1.54) is 93.8 Å². The highest BCUT2D eigenvalue weighted by atomic mass is 32.2. The highest BCUT2D eigenvalue weighted by Crippen LogP contribution is 2.47. The van der Waals surface area contributed by atoms with Crippen LogP contribution in [-0.4, -0.2) is 54.7 Å². The van der Waals surface area contributed by atoms with Gasteiger partial charge in [-0.25, -0.2) is 0 Å². The molecule has 2 N–H and O–H groups in total. The van der Waals surface area contributed by atoms with Crippen LogP contribution in [0.15, 0.2) is 41.3 Å². The molecule has 0 heterocycles. The summed E-state index contributed by atoms with van der Waals surface area (Å²) in [5.74, 6) is 5.23. The number of thioether (sulfide) groups is 1. The molecule has 372 valence electrons. The lowest BCUT2D eigenvalue weighted by Gasteiger charge is -2.20. The van der Waals surface area contributed by atoms with Crippen molar-refractivity contribution in [1.29, 1.82) is 0 Å². The molecule has 0 unspecified atom stereocenters. The Balaban J connectivity index is 1.50. The lowest BCUT2D eigenvalue weighted by atomic mass is 9.93. The standard InChI is InChI=1S/C56H89O8PS/c1-6-11-32-60-51-39-45-46-40-52(61-33-12-7-2)54(63-35-14-9-4)42-48(46)50-44-56(55(64-36-15-10-5)43-49(50)47(45)41-53(51)62-34-13-8-3)66-38-31-29-27-25-23-21-19-17-16-18-20-22-24-26-28-30-37-65(57,58)59/h39-44H,6-38H2,1-5H3,(H2,57,58,59). The molecule has 0 amide bonds. The Bertz CT molecular complexity index is 1950. The fourth-order valence-corrected chi connectivity index (χ4v) is 10.1. The van der Waals surface area contributed by atoms with Crippen molar-refractivity contribution in [2.24, 2.45) is 0 Å². The SMILES string of the molecule is CCCCOc1cc2c3cc(OCCCC)c(OCCCC)cc3c3cc(SCCCCCCCCCCCCCCCCCCP(=O)(O)O)c(OCCCC)cc3c2cc1OCCCC. The van der Waals surface area contributed by atoms with Gasteiger partial charge in [0.1, 0.15) is 5.75 Å². The minimum Gasteiger partial charge on any atom is -0.492 e. The molecule has 4 aromatic rings. The second kappa shape index (κ2) is 32.8. The average Bonchev–Trinajstić information content (AvgIpc) is 3.30. The molecular weight excluding hydrogens is 864 g/mol. The Morgan fingerprint density at radius 3 is 0.924 bits per heavy atom. The Labute approximate surface area is 404 Å². The first-order chi connectivity index (χ1) is 32.2. The maximum Gasteiger partial charge on any atom is 0.325 e. The highest BCUT2D eigenvalue weighted by Gasteiger charge is 2.20. The number of benzene rings is 4. The van der Waals surface area contributed by atoms with Crippen LogP contribution in [-0.2, 0) is 4.57 Å². The van der Waals surface area contributed by atoms with E-state index in [0.717, 1.165) is 138 Å². The van der Waals surface area contributed by atoms with Gasteiger partial charge in [0, 0.05) is 6.16 Å². The van der Waals surface area contributed by atoms with Gasteiger partial charge in [0.2, 0.25) is 0 Å². The van der Waals surface area contributed by atoms with Crippen LogP contribution in [0.1, 0.15) is 202 Å². The second-order valence-electron chi connectivity index (χ2n) is 18.4. The van der Waals surface area contributed by atoms with E-state index in [0.29, 0.717) is 39.5 Å². The molecule has 0 aliphatic carbocycles. The summed E-state index contributed by atoms with van der Waals surface area (Å²) in [6.45, 7) is 14.3. The fraction of sp³-hybridized carbons (Fsp3) is 0.679. The van der Waals surface area contributed by atoms with Crippen LogP contribution >= 0.6 is 19.4 Å². The highest BCUT2D eigenvalue weighted by molar-refractivity contribution is 7.99. The quantitative estimate of drug-likeness (QED) is 0.0195. The number of unbranched alkanes of at least 4 members (excludes halogenated alkanes) is 20. The van der Waals surface area contributed by atoms with Crippen molar-refractivity contribution >= 4 is 51.7 Å². The Morgan fingerprint density at radius 2 is 0.621 bits per heavy atom. The van der Waals surface area contributed by atoms with Crippen LogP contribution in [0.2, 0.25) is 0 Å². The number of hydrogen-bond acceptors (Lipinski definition) is 7. The second-order valence-corrected chi connectivity index (χ2v) is 21.4. The van der Waals surface area contributed by atoms with E-state index < -0.39 is 7.60 Å². The Hall–Kier alpha value is -2.84.